The Bertz CT molecular complexity index is 677. The van der Waals surface area contributed by atoms with Crippen molar-refractivity contribution in [2.24, 2.45) is 5.92 Å². The van der Waals surface area contributed by atoms with Gasteiger partial charge in [0.2, 0.25) is 5.43 Å². The van der Waals surface area contributed by atoms with Crippen molar-refractivity contribution in [1.29, 1.82) is 0 Å². The molecule has 0 saturated carbocycles. The lowest BCUT2D eigenvalue weighted by atomic mass is 10.1. The van der Waals surface area contributed by atoms with Gasteiger partial charge in [-0.15, -0.1) is 0 Å². The van der Waals surface area contributed by atoms with Crippen molar-refractivity contribution >= 4 is 28.4 Å². The minimum absolute atomic E-state index is 0.107. The molecular formula is C14H15ClN2O2. The molecule has 2 rings (SSSR count). The predicted molar refractivity (Wildman–Crippen MR) is 76.7 cm³/mol. The number of nitrogens with one attached hydrogen (secondary N) is 2. The number of pyridine rings is 1. The van der Waals surface area contributed by atoms with Gasteiger partial charge in [0.25, 0.3) is 5.91 Å². The number of aromatic nitrogens is 1. The summed E-state index contributed by atoms with van der Waals surface area (Å²) in [5.41, 5.74) is 0.461. The molecule has 0 bridgehead atoms. The Labute approximate surface area is 115 Å². The van der Waals surface area contributed by atoms with E-state index in [9.17, 15) is 9.59 Å². The molecule has 0 saturated heterocycles. The van der Waals surface area contributed by atoms with Crippen molar-refractivity contribution in [3.8, 4) is 0 Å². The number of hydrogen-bond donors (Lipinski definition) is 2. The second-order valence-corrected chi connectivity index (χ2v) is 5.26. The van der Waals surface area contributed by atoms with E-state index in [1.54, 1.807) is 18.2 Å². The molecule has 0 aliphatic rings. The number of H-pyrrole nitrogens is 1. The topological polar surface area (TPSA) is 62.0 Å². The molecule has 19 heavy (non-hydrogen) atoms. The minimum atomic E-state index is -0.364. The van der Waals surface area contributed by atoms with Crippen LogP contribution in [0.3, 0.4) is 0 Å². The molecular weight excluding hydrogens is 264 g/mol. The van der Waals surface area contributed by atoms with E-state index in [1.165, 1.54) is 6.20 Å². The molecule has 0 fully saturated rings. The molecule has 100 valence electrons. The highest BCUT2D eigenvalue weighted by Gasteiger charge is 2.13. The van der Waals surface area contributed by atoms with E-state index < -0.39 is 0 Å². The molecule has 1 aromatic heterocycles. The summed E-state index contributed by atoms with van der Waals surface area (Å²) in [5.74, 6) is -0.0326. The van der Waals surface area contributed by atoms with Crippen molar-refractivity contribution in [1.82, 2.24) is 10.3 Å². The number of rotatable bonds is 3. The minimum Gasteiger partial charge on any atom is -0.360 e. The van der Waals surface area contributed by atoms with Gasteiger partial charge in [0.15, 0.2) is 0 Å². The third kappa shape index (κ3) is 2.96. The lowest BCUT2D eigenvalue weighted by Crippen LogP contribution is -2.31. The SMILES string of the molecule is CC(C)CNC(=O)c1c[nH]c2ccc(Cl)cc2c1=O. The molecule has 0 aliphatic heterocycles. The number of hydrogen-bond acceptors (Lipinski definition) is 2. The number of amides is 1. The van der Waals surface area contributed by atoms with Gasteiger partial charge < -0.3 is 10.3 Å². The predicted octanol–water partition coefficient (Wildman–Crippen LogP) is 2.57. The molecule has 0 unspecified atom stereocenters. The molecule has 5 heteroatoms. The number of halogens is 1. The molecule has 0 aliphatic carbocycles. The van der Waals surface area contributed by atoms with E-state index in [2.05, 4.69) is 10.3 Å². The van der Waals surface area contributed by atoms with Crippen molar-refractivity contribution in [2.45, 2.75) is 13.8 Å². The second-order valence-electron chi connectivity index (χ2n) is 4.83. The van der Waals surface area contributed by atoms with E-state index in [-0.39, 0.29) is 16.9 Å². The summed E-state index contributed by atoms with van der Waals surface area (Å²) >= 11 is 5.87. The van der Waals surface area contributed by atoms with Crippen LogP contribution in [0.4, 0.5) is 0 Å². The van der Waals surface area contributed by atoms with Gasteiger partial charge in [-0.3, -0.25) is 9.59 Å². The van der Waals surface area contributed by atoms with Gasteiger partial charge in [-0.1, -0.05) is 25.4 Å². The number of benzene rings is 1. The molecule has 1 heterocycles. The average molecular weight is 279 g/mol. The smallest absolute Gasteiger partial charge is 0.256 e. The first-order valence-corrected chi connectivity index (χ1v) is 6.46. The van der Waals surface area contributed by atoms with E-state index in [0.29, 0.717) is 28.4 Å². The van der Waals surface area contributed by atoms with Crippen LogP contribution in [0.15, 0.2) is 29.2 Å². The maximum atomic E-state index is 12.2. The Balaban J connectivity index is 2.42. The second kappa shape index (κ2) is 5.45. The van der Waals surface area contributed by atoms with Crippen LogP contribution in [-0.4, -0.2) is 17.4 Å². The zero-order valence-electron chi connectivity index (χ0n) is 10.8. The summed E-state index contributed by atoms with van der Waals surface area (Å²) < 4.78 is 0. The van der Waals surface area contributed by atoms with Gasteiger partial charge >= 0.3 is 0 Å². The summed E-state index contributed by atoms with van der Waals surface area (Å²) in [5, 5.41) is 3.62. The highest BCUT2D eigenvalue weighted by atomic mass is 35.5. The van der Waals surface area contributed by atoms with Gasteiger partial charge in [-0.2, -0.15) is 0 Å². The molecule has 0 spiro atoms. The quantitative estimate of drug-likeness (QED) is 0.906. The Hall–Kier alpha value is -1.81. The van der Waals surface area contributed by atoms with Crippen LogP contribution in [0.2, 0.25) is 5.02 Å². The molecule has 0 radical (unpaired) electrons. The van der Waals surface area contributed by atoms with E-state index in [0.717, 1.165) is 0 Å². The number of aromatic amines is 1. The number of fused-ring (bicyclic) bond motifs is 1. The first-order chi connectivity index (χ1) is 8.99. The highest BCUT2D eigenvalue weighted by molar-refractivity contribution is 6.31. The summed E-state index contributed by atoms with van der Waals surface area (Å²) in [6, 6.07) is 4.97. The normalized spacial score (nSPS) is 10.9. The van der Waals surface area contributed by atoms with Crippen LogP contribution in [0.5, 0.6) is 0 Å². The molecule has 1 amide bonds. The zero-order valence-corrected chi connectivity index (χ0v) is 11.5. The average Bonchev–Trinajstić information content (AvgIpc) is 2.37. The van der Waals surface area contributed by atoms with Crippen LogP contribution < -0.4 is 10.7 Å². The van der Waals surface area contributed by atoms with E-state index in [1.807, 2.05) is 13.8 Å². The summed E-state index contributed by atoms with van der Waals surface area (Å²) in [6.07, 6.45) is 1.44. The number of carbonyl (C=O) groups is 1. The summed E-state index contributed by atoms with van der Waals surface area (Å²) in [6.45, 7) is 4.52. The maximum Gasteiger partial charge on any atom is 0.256 e. The molecule has 0 atom stereocenters. The Morgan fingerprint density at radius 1 is 1.42 bits per heavy atom. The lowest BCUT2D eigenvalue weighted by molar-refractivity contribution is 0.0948. The van der Waals surface area contributed by atoms with Crippen molar-refractivity contribution in [2.75, 3.05) is 6.54 Å². The fourth-order valence-corrected chi connectivity index (χ4v) is 1.92. The Kier molecular flexibility index (Phi) is 3.90. The van der Waals surface area contributed by atoms with Crippen LogP contribution in [-0.2, 0) is 0 Å². The molecule has 2 aromatic rings. The lowest BCUT2D eigenvalue weighted by Gasteiger charge is -2.08. The Morgan fingerprint density at radius 2 is 2.16 bits per heavy atom. The van der Waals surface area contributed by atoms with Gasteiger partial charge in [-0.05, 0) is 24.1 Å². The van der Waals surface area contributed by atoms with Crippen molar-refractivity contribution in [3.63, 3.8) is 0 Å². The Morgan fingerprint density at radius 3 is 2.84 bits per heavy atom. The summed E-state index contributed by atoms with van der Waals surface area (Å²) in [7, 11) is 0. The monoisotopic (exact) mass is 278 g/mol. The molecule has 2 N–H and O–H groups in total. The number of carbonyl (C=O) groups excluding carboxylic acids is 1. The van der Waals surface area contributed by atoms with Crippen LogP contribution >= 0.6 is 11.6 Å². The van der Waals surface area contributed by atoms with Crippen molar-refractivity contribution < 1.29 is 4.79 Å². The first-order valence-electron chi connectivity index (χ1n) is 6.08. The molecule has 1 aromatic carbocycles. The van der Waals surface area contributed by atoms with Crippen LogP contribution in [0.25, 0.3) is 10.9 Å². The van der Waals surface area contributed by atoms with E-state index in [4.69, 9.17) is 11.6 Å². The van der Waals surface area contributed by atoms with Gasteiger partial charge in [0.05, 0.1) is 0 Å². The van der Waals surface area contributed by atoms with Gasteiger partial charge in [-0.25, -0.2) is 0 Å². The third-order valence-corrected chi connectivity index (χ3v) is 2.99. The van der Waals surface area contributed by atoms with Gasteiger partial charge in [0, 0.05) is 28.7 Å². The highest BCUT2D eigenvalue weighted by Crippen LogP contribution is 2.15. The maximum absolute atomic E-state index is 12.2. The summed E-state index contributed by atoms with van der Waals surface area (Å²) in [4.78, 5) is 27.1. The van der Waals surface area contributed by atoms with Crippen molar-refractivity contribution in [3.05, 3.63) is 45.2 Å². The largest absolute Gasteiger partial charge is 0.360 e. The molecule has 4 nitrogen and oxygen atoms in total. The van der Waals surface area contributed by atoms with Gasteiger partial charge in [0.1, 0.15) is 5.56 Å². The van der Waals surface area contributed by atoms with E-state index >= 15 is 0 Å². The standard InChI is InChI=1S/C14H15ClN2O2/c1-8(2)6-17-14(19)11-7-16-12-4-3-9(15)5-10(12)13(11)18/h3-5,7-8H,6H2,1-2H3,(H,16,18)(H,17,19). The van der Waals surface area contributed by atoms with Crippen LogP contribution in [0.1, 0.15) is 24.2 Å². The fraction of sp³-hybridized carbons (Fsp3) is 0.286. The zero-order chi connectivity index (χ0) is 14.0. The fourth-order valence-electron chi connectivity index (χ4n) is 1.75. The third-order valence-electron chi connectivity index (χ3n) is 2.76. The van der Waals surface area contributed by atoms with Crippen LogP contribution in [0, 0.1) is 5.92 Å². The first kappa shape index (κ1) is 13.6.